The largest absolute Gasteiger partial charge is 0.325 e. The average molecular weight is 472 g/mol. The number of fused-ring (bicyclic) bond motifs is 1. The number of nitrogens with one attached hydrogen (secondary N) is 2. The maximum atomic E-state index is 12.6. The fourth-order valence-corrected chi connectivity index (χ4v) is 4.06. The quantitative estimate of drug-likeness (QED) is 0.194. The van der Waals surface area contributed by atoms with Crippen LogP contribution in [0, 0.1) is 17.0 Å². The smallest absolute Gasteiger partial charge is 0.271 e. The van der Waals surface area contributed by atoms with Crippen LogP contribution in [0.1, 0.15) is 15.9 Å². The molecule has 0 saturated carbocycles. The summed E-state index contributed by atoms with van der Waals surface area (Å²) in [5.41, 5.74) is 2.32. The monoisotopic (exact) mass is 471 g/mol. The molecule has 2 N–H and O–H groups in total. The number of nitro benzene ring substituents is 1. The molecule has 4 aromatic rings. The number of anilines is 2. The lowest BCUT2D eigenvalue weighted by atomic mass is 10.1. The standard InChI is InChI=1S/C26H21N3O4S/c1-17-6-11-22(29(32)33)15-24(17)28-25(30)16-34-23-12-9-21(10-13-23)27-26(31)20-8-7-18-4-2-3-5-19(18)14-20/h2-15H,16H2,1H3,(H,27,31)(H,28,30). The van der Waals surface area contributed by atoms with E-state index in [0.29, 0.717) is 16.9 Å². The first-order valence-corrected chi connectivity index (χ1v) is 11.5. The van der Waals surface area contributed by atoms with E-state index in [-0.39, 0.29) is 23.3 Å². The Balaban J connectivity index is 1.33. The van der Waals surface area contributed by atoms with Crippen molar-refractivity contribution in [3.05, 3.63) is 106 Å². The molecule has 0 fully saturated rings. The van der Waals surface area contributed by atoms with Crippen molar-refractivity contribution in [3.63, 3.8) is 0 Å². The van der Waals surface area contributed by atoms with Gasteiger partial charge in [-0.25, -0.2) is 0 Å². The Hall–Kier alpha value is -4.17. The Kier molecular flexibility index (Phi) is 6.89. The molecule has 4 rings (SSSR count). The normalized spacial score (nSPS) is 10.6. The van der Waals surface area contributed by atoms with Crippen molar-refractivity contribution in [2.75, 3.05) is 16.4 Å². The van der Waals surface area contributed by atoms with Gasteiger partial charge in [-0.15, -0.1) is 11.8 Å². The van der Waals surface area contributed by atoms with Gasteiger partial charge < -0.3 is 10.6 Å². The lowest BCUT2D eigenvalue weighted by Gasteiger charge is -2.09. The fraction of sp³-hybridized carbons (Fsp3) is 0.0769. The van der Waals surface area contributed by atoms with E-state index in [1.165, 1.54) is 23.9 Å². The number of amides is 2. The first kappa shape index (κ1) is 23.0. The van der Waals surface area contributed by atoms with Crippen LogP contribution in [-0.4, -0.2) is 22.5 Å². The van der Waals surface area contributed by atoms with Gasteiger partial charge in [-0.1, -0.05) is 36.4 Å². The molecule has 0 saturated heterocycles. The molecule has 0 unspecified atom stereocenters. The number of carbonyl (C=O) groups excluding carboxylic acids is 2. The third-order valence-corrected chi connectivity index (χ3v) is 6.21. The van der Waals surface area contributed by atoms with Crippen molar-refractivity contribution in [2.45, 2.75) is 11.8 Å². The highest BCUT2D eigenvalue weighted by Gasteiger charge is 2.12. The summed E-state index contributed by atoms with van der Waals surface area (Å²) in [5.74, 6) is -0.314. The second kappa shape index (κ2) is 10.2. The zero-order valence-corrected chi connectivity index (χ0v) is 19.1. The number of rotatable bonds is 7. The molecule has 0 radical (unpaired) electrons. The Labute approximate surface area is 200 Å². The molecule has 0 bridgehead atoms. The van der Waals surface area contributed by atoms with Gasteiger partial charge in [-0.3, -0.25) is 19.7 Å². The van der Waals surface area contributed by atoms with E-state index < -0.39 is 4.92 Å². The summed E-state index contributed by atoms with van der Waals surface area (Å²) in [5, 5.41) is 18.6. The summed E-state index contributed by atoms with van der Waals surface area (Å²) < 4.78 is 0. The van der Waals surface area contributed by atoms with Gasteiger partial charge in [0.15, 0.2) is 0 Å². The lowest BCUT2D eigenvalue weighted by molar-refractivity contribution is -0.384. The molecule has 170 valence electrons. The van der Waals surface area contributed by atoms with Gasteiger partial charge in [0.25, 0.3) is 11.6 Å². The molecule has 0 spiro atoms. The van der Waals surface area contributed by atoms with E-state index in [0.717, 1.165) is 21.2 Å². The van der Waals surface area contributed by atoms with Crippen molar-refractivity contribution < 1.29 is 14.5 Å². The summed E-state index contributed by atoms with van der Waals surface area (Å²) in [6, 6.07) is 25.0. The SMILES string of the molecule is Cc1ccc([N+](=O)[O-])cc1NC(=O)CSc1ccc(NC(=O)c2ccc3ccccc3c2)cc1. The minimum atomic E-state index is -0.496. The zero-order chi connectivity index (χ0) is 24.1. The summed E-state index contributed by atoms with van der Waals surface area (Å²) in [7, 11) is 0. The number of hydrogen-bond donors (Lipinski definition) is 2. The summed E-state index contributed by atoms with van der Waals surface area (Å²) >= 11 is 1.33. The van der Waals surface area contributed by atoms with Gasteiger partial charge in [0.05, 0.1) is 16.4 Å². The number of thioether (sulfide) groups is 1. The van der Waals surface area contributed by atoms with Crippen LogP contribution >= 0.6 is 11.8 Å². The highest BCUT2D eigenvalue weighted by Crippen LogP contribution is 2.24. The van der Waals surface area contributed by atoms with Crippen molar-refractivity contribution in [2.24, 2.45) is 0 Å². The van der Waals surface area contributed by atoms with E-state index in [2.05, 4.69) is 10.6 Å². The lowest BCUT2D eigenvalue weighted by Crippen LogP contribution is -2.15. The van der Waals surface area contributed by atoms with Crippen LogP contribution in [0.2, 0.25) is 0 Å². The zero-order valence-electron chi connectivity index (χ0n) is 18.3. The molecule has 0 aliphatic heterocycles. The van der Waals surface area contributed by atoms with Crippen LogP contribution in [0.15, 0.2) is 89.8 Å². The molecule has 7 nitrogen and oxygen atoms in total. The molecule has 0 atom stereocenters. The Morgan fingerprint density at radius 1 is 0.882 bits per heavy atom. The minimum absolute atomic E-state index is 0.0742. The molecular weight excluding hydrogens is 450 g/mol. The predicted octanol–water partition coefficient (Wildman–Crippen LogP) is 6.04. The molecule has 8 heteroatoms. The highest BCUT2D eigenvalue weighted by molar-refractivity contribution is 8.00. The number of nitrogens with zero attached hydrogens (tertiary/aromatic N) is 1. The number of hydrogen-bond acceptors (Lipinski definition) is 5. The van der Waals surface area contributed by atoms with Gasteiger partial charge in [-0.2, -0.15) is 0 Å². The first-order valence-electron chi connectivity index (χ1n) is 10.5. The first-order chi connectivity index (χ1) is 16.4. The Morgan fingerprint density at radius 3 is 2.35 bits per heavy atom. The van der Waals surface area contributed by atoms with Gasteiger partial charge in [0.2, 0.25) is 5.91 Å². The predicted molar refractivity (Wildman–Crippen MR) is 136 cm³/mol. The number of nitro groups is 1. The number of benzene rings is 4. The number of carbonyl (C=O) groups is 2. The molecule has 2 amide bonds. The van der Waals surface area contributed by atoms with Crippen LogP contribution in [0.4, 0.5) is 17.1 Å². The molecular formula is C26H21N3O4S. The van der Waals surface area contributed by atoms with E-state index >= 15 is 0 Å². The topological polar surface area (TPSA) is 101 Å². The maximum Gasteiger partial charge on any atom is 0.271 e. The maximum absolute atomic E-state index is 12.6. The summed E-state index contributed by atoms with van der Waals surface area (Å²) in [6.07, 6.45) is 0. The van der Waals surface area contributed by atoms with Gasteiger partial charge in [0, 0.05) is 28.3 Å². The molecule has 0 aliphatic rings. The van der Waals surface area contributed by atoms with Crippen LogP contribution in [-0.2, 0) is 4.79 Å². The molecule has 0 heterocycles. The van der Waals surface area contributed by atoms with E-state index in [9.17, 15) is 19.7 Å². The van der Waals surface area contributed by atoms with Crippen LogP contribution in [0.25, 0.3) is 10.8 Å². The van der Waals surface area contributed by atoms with Crippen molar-refractivity contribution in [3.8, 4) is 0 Å². The molecule has 0 aliphatic carbocycles. The van der Waals surface area contributed by atoms with E-state index in [1.54, 1.807) is 31.2 Å². The second-order valence-corrected chi connectivity index (χ2v) is 8.68. The summed E-state index contributed by atoms with van der Waals surface area (Å²) in [4.78, 5) is 36.2. The van der Waals surface area contributed by atoms with E-state index in [4.69, 9.17) is 0 Å². The highest BCUT2D eigenvalue weighted by atomic mass is 32.2. The van der Waals surface area contributed by atoms with E-state index in [1.807, 2.05) is 48.5 Å². The van der Waals surface area contributed by atoms with Crippen LogP contribution in [0.5, 0.6) is 0 Å². The Morgan fingerprint density at radius 2 is 1.62 bits per heavy atom. The number of aryl methyl sites for hydroxylation is 1. The minimum Gasteiger partial charge on any atom is -0.325 e. The van der Waals surface area contributed by atoms with Crippen molar-refractivity contribution >= 4 is 51.4 Å². The average Bonchev–Trinajstić information content (AvgIpc) is 2.84. The van der Waals surface area contributed by atoms with Gasteiger partial charge in [0.1, 0.15) is 0 Å². The van der Waals surface area contributed by atoms with Gasteiger partial charge >= 0.3 is 0 Å². The fourth-order valence-electron chi connectivity index (χ4n) is 3.36. The third-order valence-electron chi connectivity index (χ3n) is 5.20. The Bertz CT molecular complexity index is 1390. The molecule has 4 aromatic carbocycles. The van der Waals surface area contributed by atoms with Crippen molar-refractivity contribution in [1.29, 1.82) is 0 Å². The van der Waals surface area contributed by atoms with Crippen LogP contribution < -0.4 is 10.6 Å². The second-order valence-electron chi connectivity index (χ2n) is 7.63. The van der Waals surface area contributed by atoms with Crippen LogP contribution in [0.3, 0.4) is 0 Å². The molecule has 34 heavy (non-hydrogen) atoms. The number of non-ortho nitro benzene ring substituents is 1. The summed E-state index contributed by atoms with van der Waals surface area (Å²) in [6.45, 7) is 1.78. The molecule has 0 aromatic heterocycles. The van der Waals surface area contributed by atoms with Crippen molar-refractivity contribution in [1.82, 2.24) is 0 Å². The third kappa shape index (κ3) is 5.60. The van der Waals surface area contributed by atoms with Gasteiger partial charge in [-0.05, 0) is 59.7 Å².